The fourth-order valence-electron chi connectivity index (χ4n) is 1.99. The van der Waals surface area contributed by atoms with Crippen LogP contribution in [0.4, 0.5) is 0 Å². The fraction of sp³-hybridized carbons (Fsp3) is 0.500. The summed E-state index contributed by atoms with van der Waals surface area (Å²) in [4.78, 5) is 11.6. The molecule has 1 fully saturated rings. The van der Waals surface area contributed by atoms with Crippen molar-refractivity contribution in [2.75, 3.05) is 0 Å². The Balaban J connectivity index is 2.43. The number of rotatable bonds is 1. The number of hydrogen-bond donors (Lipinski definition) is 0. The lowest BCUT2D eigenvalue weighted by Gasteiger charge is -2.14. The van der Waals surface area contributed by atoms with Gasteiger partial charge in [-0.2, -0.15) is 0 Å². The van der Waals surface area contributed by atoms with E-state index >= 15 is 0 Å². The van der Waals surface area contributed by atoms with Gasteiger partial charge >= 0.3 is 0 Å². The normalized spacial score (nSPS) is 17.9. The van der Waals surface area contributed by atoms with E-state index in [9.17, 15) is 4.79 Å². The third kappa shape index (κ3) is 1.70. The highest BCUT2D eigenvalue weighted by Crippen LogP contribution is 2.30. The van der Waals surface area contributed by atoms with Crippen molar-refractivity contribution in [3.8, 4) is 0 Å². The molecule has 0 N–H and O–H groups in total. The van der Waals surface area contributed by atoms with Gasteiger partial charge in [-0.25, -0.2) is 0 Å². The van der Waals surface area contributed by atoms with E-state index in [2.05, 4.69) is 15.9 Å². The van der Waals surface area contributed by atoms with Gasteiger partial charge in [-0.15, -0.1) is 0 Å². The molecular formula is C10H12BrNO. The van der Waals surface area contributed by atoms with Gasteiger partial charge in [-0.05, 0) is 34.8 Å². The molecule has 0 spiro atoms. The molecule has 1 aliphatic rings. The van der Waals surface area contributed by atoms with Gasteiger partial charge < -0.3 is 0 Å². The van der Waals surface area contributed by atoms with Crippen LogP contribution in [-0.4, -0.2) is 4.57 Å². The van der Waals surface area contributed by atoms with Crippen molar-refractivity contribution in [2.24, 2.45) is 0 Å². The van der Waals surface area contributed by atoms with Crippen LogP contribution >= 0.6 is 15.9 Å². The first-order chi connectivity index (χ1) is 6.29. The third-order valence-corrected chi connectivity index (χ3v) is 3.28. The van der Waals surface area contributed by atoms with Crippen LogP contribution in [0.1, 0.15) is 31.7 Å². The Bertz CT molecular complexity index is 352. The van der Waals surface area contributed by atoms with Crippen molar-refractivity contribution in [1.29, 1.82) is 0 Å². The highest BCUT2D eigenvalue weighted by atomic mass is 79.9. The summed E-state index contributed by atoms with van der Waals surface area (Å²) < 4.78 is 2.78. The predicted molar refractivity (Wildman–Crippen MR) is 55.9 cm³/mol. The molecule has 3 heteroatoms. The van der Waals surface area contributed by atoms with Gasteiger partial charge in [0.1, 0.15) is 0 Å². The molecule has 70 valence electrons. The summed E-state index contributed by atoms with van der Waals surface area (Å²) in [5, 5.41) is 0. The topological polar surface area (TPSA) is 22.0 Å². The molecule has 0 atom stereocenters. The molecule has 1 aliphatic carbocycles. The van der Waals surface area contributed by atoms with Gasteiger partial charge in [0.15, 0.2) is 0 Å². The molecule has 2 rings (SSSR count). The van der Waals surface area contributed by atoms with E-state index in [-0.39, 0.29) is 5.56 Å². The van der Waals surface area contributed by atoms with Crippen LogP contribution in [0.15, 0.2) is 27.6 Å². The van der Waals surface area contributed by atoms with Gasteiger partial charge in [0.25, 0.3) is 5.56 Å². The van der Waals surface area contributed by atoms with Crippen LogP contribution in [0, 0.1) is 0 Å². The minimum absolute atomic E-state index is 0.112. The summed E-state index contributed by atoms with van der Waals surface area (Å²) >= 11 is 3.42. The van der Waals surface area contributed by atoms with E-state index in [1.54, 1.807) is 12.1 Å². The first-order valence-corrected chi connectivity index (χ1v) is 5.45. The summed E-state index contributed by atoms with van der Waals surface area (Å²) in [6.45, 7) is 0. The first-order valence-electron chi connectivity index (χ1n) is 4.66. The van der Waals surface area contributed by atoms with E-state index in [0.717, 1.165) is 17.4 Å². The molecule has 1 saturated carbocycles. The minimum Gasteiger partial charge on any atom is -0.300 e. The average molecular weight is 242 g/mol. The number of aromatic nitrogens is 1. The Hall–Kier alpha value is -0.570. The zero-order valence-electron chi connectivity index (χ0n) is 7.37. The first kappa shape index (κ1) is 9.00. The standard InChI is InChI=1S/C10H12BrNO/c11-9-6-3-7-10(13)12(9)8-4-1-2-5-8/h3,6-8H,1-2,4-5H2. The van der Waals surface area contributed by atoms with Crippen LogP contribution < -0.4 is 5.56 Å². The van der Waals surface area contributed by atoms with E-state index in [0.29, 0.717) is 6.04 Å². The lowest BCUT2D eigenvalue weighted by atomic mass is 10.2. The maximum Gasteiger partial charge on any atom is 0.251 e. The molecule has 1 aromatic heterocycles. The van der Waals surface area contributed by atoms with Gasteiger partial charge in [-0.3, -0.25) is 9.36 Å². The highest BCUT2D eigenvalue weighted by molar-refractivity contribution is 9.10. The van der Waals surface area contributed by atoms with Crippen LogP contribution in [0.25, 0.3) is 0 Å². The number of hydrogen-bond acceptors (Lipinski definition) is 1. The van der Waals surface area contributed by atoms with Crippen LogP contribution in [0.3, 0.4) is 0 Å². The Morgan fingerprint density at radius 1 is 1.31 bits per heavy atom. The summed E-state index contributed by atoms with van der Waals surface area (Å²) in [7, 11) is 0. The zero-order chi connectivity index (χ0) is 9.26. The van der Waals surface area contributed by atoms with Crippen molar-refractivity contribution in [1.82, 2.24) is 4.57 Å². The molecule has 0 aliphatic heterocycles. The second-order valence-electron chi connectivity index (χ2n) is 3.50. The number of halogens is 1. The van der Waals surface area contributed by atoms with Gasteiger partial charge in [0, 0.05) is 12.1 Å². The summed E-state index contributed by atoms with van der Waals surface area (Å²) in [5.41, 5.74) is 0.112. The molecule has 2 nitrogen and oxygen atoms in total. The van der Waals surface area contributed by atoms with Gasteiger partial charge in [0.05, 0.1) is 4.60 Å². The Labute approximate surface area is 85.7 Å². The largest absolute Gasteiger partial charge is 0.300 e. The van der Waals surface area contributed by atoms with Crippen molar-refractivity contribution in [3.05, 3.63) is 33.2 Å². The van der Waals surface area contributed by atoms with Crippen LogP contribution in [0.5, 0.6) is 0 Å². The van der Waals surface area contributed by atoms with Crippen LogP contribution in [-0.2, 0) is 0 Å². The Morgan fingerprint density at radius 3 is 2.62 bits per heavy atom. The Kier molecular flexibility index (Phi) is 2.54. The van der Waals surface area contributed by atoms with E-state index < -0.39 is 0 Å². The fourth-order valence-corrected chi connectivity index (χ4v) is 2.61. The van der Waals surface area contributed by atoms with E-state index in [4.69, 9.17) is 0 Å². The molecule has 0 bridgehead atoms. The lowest BCUT2D eigenvalue weighted by Crippen LogP contribution is -2.22. The Morgan fingerprint density at radius 2 is 2.00 bits per heavy atom. The maximum atomic E-state index is 11.6. The lowest BCUT2D eigenvalue weighted by molar-refractivity contribution is 0.493. The maximum absolute atomic E-state index is 11.6. The second-order valence-corrected chi connectivity index (χ2v) is 4.31. The molecule has 0 amide bonds. The molecule has 0 radical (unpaired) electrons. The summed E-state index contributed by atoms with van der Waals surface area (Å²) in [5.74, 6) is 0. The number of pyridine rings is 1. The molecule has 0 saturated heterocycles. The average Bonchev–Trinajstić information content (AvgIpc) is 2.57. The van der Waals surface area contributed by atoms with E-state index in [1.165, 1.54) is 12.8 Å². The monoisotopic (exact) mass is 241 g/mol. The smallest absolute Gasteiger partial charge is 0.251 e. The molecule has 13 heavy (non-hydrogen) atoms. The predicted octanol–water partition coefficient (Wildman–Crippen LogP) is 2.73. The zero-order valence-corrected chi connectivity index (χ0v) is 8.96. The minimum atomic E-state index is 0.112. The summed E-state index contributed by atoms with van der Waals surface area (Å²) in [6.07, 6.45) is 4.78. The quantitative estimate of drug-likeness (QED) is 0.694. The van der Waals surface area contributed by atoms with Crippen molar-refractivity contribution in [2.45, 2.75) is 31.7 Å². The summed E-state index contributed by atoms with van der Waals surface area (Å²) in [6, 6.07) is 5.77. The van der Waals surface area contributed by atoms with Crippen molar-refractivity contribution < 1.29 is 0 Å². The second kappa shape index (κ2) is 3.66. The highest BCUT2D eigenvalue weighted by Gasteiger charge is 2.18. The van der Waals surface area contributed by atoms with Crippen LogP contribution in [0.2, 0.25) is 0 Å². The third-order valence-electron chi connectivity index (χ3n) is 2.63. The number of nitrogens with zero attached hydrogens (tertiary/aromatic N) is 1. The van der Waals surface area contributed by atoms with Crippen molar-refractivity contribution >= 4 is 15.9 Å². The van der Waals surface area contributed by atoms with Crippen molar-refractivity contribution in [3.63, 3.8) is 0 Å². The van der Waals surface area contributed by atoms with Gasteiger partial charge in [-0.1, -0.05) is 18.9 Å². The van der Waals surface area contributed by atoms with E-state index in [1.807, 2.05) is 10.6 Å². The molecular weight excluding hydrogens is 230 g/mol. The van der Waals surface area contributed by atoms with Gasteiger partial charge in [0.2, 0.25) is 0 Å². The SMILES string of the molecule is O=c1cccc(Br)n1C1CCCC1. The molecule has 1 aromatic rings. The molecule has 1 heterocycles. The molecule has 0 aromatic carbocycles. The molecule has 0 unspecified atom stereocenters.